The number of nitrogens with two attached hydrogens (primary N) is 2. The second-order valence-corrected chi connectivity index (χ2v) is 9.19. The van der Waals surface area contributed by atoms with E-state index in [1.165, 1.54) is 24.3 Å². The van der Waals surface area contributed by atoms with Crippen molar-refractivity contribution in [3.63, 3.8) is 0 Å². The number of benzene rings is 2. The van der Waals surface area contributed by atoms with Gasteiger partial charge in [0.1, 0.15) is 5.54 Å². The number of carbonyl (C=O) groups excluding carboxylic acids is 5. The van der Waals surface area contributed by atoms with Crippen LogP contribution in [-0.2, 0) is 24.7 Å². The molecule has 0 unspecified atom stereocenters. The predicted octanol–water partition coefficient (Wildman–Crippen LogP) is 0.548. The van der Waals surface area contributed by atoms with Crippen LogP contribution in [-0.4, -0.2) is 35.6 Å². The third kappa shape index (κ3) is 2.88. The van der Waals surface area contributed by atoms with Crippen LogP contribution in [0, 0.1) is 18.8 Å². The molecule has 0 radical (unpaired) electrons. The maximum absolute atomic E-state index is 13.8. The molecule has 0 aromatic heterocycles. The Morgan fingerprint density at radius 3 is 2.38 bits per heavy atom. The van der Waals surface area contributed by atoms with Gasteiger partial charge in [-0.25, -0.2) is 4.90 Å². The molecule has 0 bridgehead atoms. The molecule has 34 heavy (non-hydrogen) atoms. The molecule has 0 saturated carbocycles. The van der Waals surface area contributed by atoms with Crippen molar-refractivity contribution in [1.29, 1.82) is 0 Å². The first-order chi connectivity index (χ1) is 16.1. The topological polar surface area (TPSA) is 165 Å². The van der Waals surface area contributed by atoms with Crippen molar-refractivity contribution >= 4 is 52.5 Å². The Hall–Kier alpha value is -3.76. The Balaban J connectivity index is 1.66. The van der Waals surface area contributed by atoms with Gasteiger partial charge in [0.15, 0.2) is 0 Å². The van der Waals surface area contributed by atoms with E-state index in [9.17, 15) is 24.0 Å². The lowest BCUT2D eigenvalue weighted by atomic mass is 9.76. The van der Waals surface area contributed by atoms with Crippen molar-refractivity contribution in [3.8, 4) is 0 Å². The minimum absolute atomic E-state index is 0.210. The second kappa shape index (κ2) is 7.37. The molecule has 3 aliphatic heterocycles. The molecule has 3 aliphatic rings. The highest BCUT2D eigenvalue weighted by molar-refractivity contribution is 6.35. The minimum Gasteiger partial charge on any atom is -0.370 e. The molecule has 4 atom stereocenters. The largest absolute Gasteiger partial charge is 0.370 e. The first kappa shape index (κ1) is 22.1. The molecule has 11 heteroatoms. The van der Waals surface area contributed by atoms with E-state index in [1.807, 2.05) is 0 Å². The lowest BCUT2D eigenvalue weighted by molar-refractivity contribution is -0.130. The van der Waals surface area contributed by atoms with E-state index in [4.69, 9.17) is 23.1 Å². The predicted molar refractivity (Wildman–Crippen MR) is 122 cm³/mol. The van der Waals surface area contributed by atoms with Crippen molar-refractivity contribution < 1.29 is 24.0 Å². The van der Waals surface area contributed by atoms with E-state index in [-0.39, 0.29) is 17.7 Å². The number of halogens is 1. The number of carbonyl (C=O) groups is 5. The van der Waals surface area contributed by atoms with Gasteiger partial charge >= 0.3 is 0 Å². The maximum Gasteiger partial charge on any atom is 0.250 e. The minimum atomic E-state index is -1.61. The average Bonchev–Trinajstić information content (AvgIpc) is 3.33. The average molecular weight is 482 g/mol. The number of rotatable bonds is 4. The van der Waals surface area contributed by atoms with Crippen LogP contribution in [0.1, 0.15) is 27.9 Å². The zero-order chi connectivity index (χ0) is 24.5. The SMILES string of the molecule is Cc1cc(Cl)c2c(c1)[C@]1(N[C@@H](CC(N)=O)[C@H]3C(=O)N(c4ccc(C(N)=O)cc4)C(=O)[C@H]31)C(=O)N2. The van der Waals surface area contributed by atoms with Crippen molar-refractivity contribution in [2.75, 3.05) is 10.2 Å². The molecule has 2 aromatic carbocycles. The summed E-state index contributed by atoms with van der Waals surface area (Å²) in [6, 6.07) is 8.24. The van der Waals surface area contributed by atoms with E-state index in [0.29, 0.717) is 16.3 Å². The normalized spacial score (nSPS) is 27.2. The number of anilines is 2. The first-order valence-electron chi connectivity index (χ1n) is 10.5. The number of amides is 5. The second-order valence-electron chi connectivity index (χ2n) is 8.78. The van der Waals surface area contributed by atoms with Crippen molar-refractivity contribution in [3.05, 3.63) is 58.1 Å². The molecule has 2 saturated heterocycles. The third-order valence-corrected chi connectivity index (χ3v) is 7.05. The van der Waals surface area contributed by atoms with E-state index in [0.717, 1.165) is 10.5 Å². The fourth-order valence-corrected chi connectivity index (χ4v) is 5.74. The monoisotopic (exact) mass is 481 g/mol. The van der Waals surface area contributed by atoms with Crippen LogP contribution in [0.2, 0.25) is 5.02 Å². The van der Waals surface area contributed by atoms with Gasteiger partial charge in [0.05, 0.1) is 28.2 Å². The summed E-state index contributed by atoms with van der Waals surface area (Å²) in [5.41, 5.74) is 11.1. The number of primary amides is 2. The Labute approximate surface area is 198 Å². The van der Waals surface area contributed by atoms with Crippen LogP contribution in [0.25, 0.3) is 0 Å². The van der Waals surface area contributed by atoms with E-state index in [2.05, 4.69) is 10.6 Å². The summed E-state index contributed by atoms with van der Waals surface area (Å²) in [5, 5.41) is 6.15. The van der Waals surface area contributed by atoms with Crippen LogP contribution in [0.5, 0.6) is 0 Å². The molecular formula is C23H20ClN5O5. The fraction of sp³-hybridized carbons (Fsp3) is 0.261. The molecule has 10 nitrogen and oxygen atoms in total. The van der Waals surface area contributed by atoms with Crippen molar-refractivity contribution in [2.24, 2.45) is 23.3 Å². The fourth-order valence-electron chi connectivity index (χ4n) is 5.41. The summed E-state index contributed by atoms with van der Waals surface area (Å²) in [6.07, 6.45) is -0.251. The highest BCUT2D eigenvalue weighted by Gasteiger charge is 2.71. The Morgan fingerprint density at radius 2 is 1.76 bits per heavy atom. The maximum atomic E-state index is 13.8. The summed E-state index contributed by atoms with van der Waals surface area (Å²) < 4.78 is 0. The quantitative estimate of drug-likeness (QED) is 0.465. The number of hydrogen-bond acceptors (Lipinski definition) is 6. The van der Waals surface area contributed by atoms with Gasteiger partial charge in [-0.1, -0.05) is 17.7 Å². The van der Waals surface area contributed by atoms with Crippen LogP contribution in [0.3, 0.4) is 0 Å². The summed E-state index contributed by atoms with van der Waals surface area (Å²) >= 11 is 6.38. The molecule has 5 amide bonds. The zero-order valence-electron chi connectivity index (χ0n) is 17.9. The van der Waals surface area contributed by atoms with Gasteiger partial charge in [0.2, 0.25) is 29.5 Å². The van der Waals surface area contributed by atoms with Gasteiger partial charge in [0, 0.05) is 23.6 Å². The highest BCUT2D eigenvalue weighted by atomic mass is 35.5. The van der Waals surface area contributed by atoms with E-state index >= 15 is 0 Å². The molecule has 174 valence electrons. The van der Waals surface area contributed by atoms with Gasteiger partial charge in [-0.2, -0.15) is 0 Å². The molecule has 6 N–H and O–H groups in total. The molecule has 5 rings (SSSR count). The van der Waals surface area contributed by atoms with Crippen LogP contribution in [0.15, 0.2) is 36.4 Å². The van der Waals surface area contributed by atoms with Crippen molar-refractivity contribution in [2.45, 2.75) is 24.9 Å². The molecule has 2 aromatic rings. The number of fused-ring (bicyclic) bond motifs is 4. The van der Waals surface area contributed by atoms with Gasteiger partial charge in [-0.15, -0.1) is 0 Å². The number of nitrogens with zero attached hydrogens (tertiary/aromatic N) is 1. The molecular weight excluding hydrogens is 462 g/mol. The van der Waals surface area contributed by atoms with E-state index in [1.54, 1.807) is 19.1 Å². The summed E-state index contributed by atoms with van der Waals surface area (Å²) in [6.45, 7) is 1.80. The van der Waals surface area contributed by atoms with Crippen molar-refractivity contribution in [1.82, 2.24) is 5.32 Å². The first-order valence-corrected chi connectivity index (χ1v) is 10.9. The smallest absolute Gasteiger partial charge is 0.250 e. The van der Waals surface area contributed by atoms with Crippen LogP contribution < -0.4 is 27.0 Å². The van der Waals surface area contributed by atoms with Gasteiger partial charge in [0.25, 0.3) is 0 Å². The number of imide groups is 1. The standard InChI is InChI=1S/C23H20ClN5O5/c1-9-6-12-18(13(24)7-9)27-22(34)23(12)17-16(14(28-23)8-15(25)30)20(32)29(21(17)33)11-4-2-10(3-5-11)19(26)31/h2-7,14,16-17,28H,8H2,1H3,(H2,25,30)(H2,26,31)(H,27,34)/t14-,16+,17-,23+/m0/s1. The summed E-state index contributed by atoms with van der Waals surface area (Å²) in [7, 11) is 0. The van der Waals surface area contributed by atoms with Gasteiger partial charge < -0.3 is 16.8 Å². The Morgan fingerprint density at radius 1 is 1.09 bits per heavy atom. The van der Waals surface area contributed by atoms with Crippen LogP contribution in [0.4, 0.5) is 11.4 Å². The summed E-state index contributed by atoms with van der Waals surface area (Å²) in [4.78, 5) is 65.0. The Bertz CT molecular complexity index is 1310. The Kier molecular flexibility index (Phi) is 4.78. The van der Waals surface area contributed by atoms with Gasteiger partial charge in [-0.3, -0.25) is 29.3 Å². The molecule has 2 fully saturated rings. The number of aryl methyl sites for hydroxylation is 1. The lowest BCUT2D eigenvalue weighted by Gasteiger charge is -2.29. The number of hydrogen-bond donors (Lipinski definition) is 4. The number of nitrogens with one attached hydrogen (secondary N) is 2. The van der Waals surface area contributed by atoms with Gasteiger partial charge in [-0.05, 0) is 42.8 Å². The lowest BCUT2D eigenvalue weighted by Crippen LogP contribution is -2.53. The molecule has 0 aliphatic carbocycles. The third-order valence-electron chi connectivity index (χ3n) is 6.75. The zero-order valence-corrected chi connectivity index (χ0v) is 18.7. The summed E-state index contributed by atoms with van der Waals surface area (Å²) in [5.74, 6) is -5.22. The molecule has 3 heterocycles. The van der Waals surface area contributed by atoms with Crippen LogP contribution >= 0.6 is 11.6 Å². The highest BCUT2D eigenvalue weighted by Crippen LogP contribution is 2.55. The van der Waals surface area contributed by atoms with E-state index < -0.39 is 53.0 Å². The molecule has 1 spiro atoms.